The number of piperidine rings is 1. The molecule has 3 rings (SSSR count). The maximum absolute atomic E-state index is 12.6. The Kier molecular flexibility index (Phi) is 4.65. The van der Waals surface area contributed by atoms with Gasteiger partial charge >= 0.3 is 0 Å². The molecule has 2 heterocycles. The first-order valence-electron chi connectivity index (χ1n) is 8.28. The van der Waals surface area contributed by atoms with E-state index in [-0.39, 0.29) is 11.5 Å². The molecule has 0 N–H and O–H groups in total. The smallest absolute Gasteiger partial charge is 0.223 e. The van der Waals surface area contributed by atoms with Crippen molar-refractivity contribution in [1.29, 1.82) is 0 Å². The number of methoxy groups -OCH3 is 1. The molecule has 2 saturated heterocycles. The van der Waals surface area contributed by atoms with Crippen LogP contribution in [0.2, 0.25) is 0 Å². The summed E-state index contributed by atoms with van der Waals surface area (Å²) >= 11 is 0. The summed E-state index contributed by atoms with van der Waals surface area (Å²) in [6, 6.07) is 0. The van der Waals surface area contributed by atoms with E-state index in [1.165, 1.54) is 0 Å². The SMILES string of the molecule is COC[C@]12CCCO[C@H]1CCN(C(=O)C[C@@H]1C=CCC1)C2. The number of hydrogen-bond donors (Lipinski definition) is 0. The number of carbonyl (C=O) groups excluding carboxylic acids is 1. The summed E-state index contributed by atoms with van der Waals surface area (Å²) < 4.78 is 11.4. The van der Waals surface area contributed by atoms with Crippen LogP contribution < -0.4 is 0 Å². The average molecular weight is 293 g/mol. The van der Waals surface area contributed by atoms with Crippen molar-refractivity contribution in [3.8, 4) is 0 Å². The minimum Gasteiger partial charge on any atom is -0.384 e. The van der Waals surface area contributed by atoms with E-state index in [0.717, 1.165) is 51.8 Å². The Hall–Kier alpha value is -0.870. The molecule has 3 atom stereocenters. The van der Waals surface area contributed by atoms with E-state index >= 15 is 0 Å². The van der Waals surface area contributed by atoms with Crippen molar-refractivity contribution in [3.05, 3.63) is 12.2 Å². The molecule has 2 aliphatic heterocycles. The molecule has 4 heteroatoms. The summed E-state index contributed by atoms with van der Waals surface area (Å²) in [5.41, 5.74) is 0.0203. The predicted molar refractivity (Wildman–Crippen MR) is 81.0 cm³/mol. The van der Waals surface area contributed by atoms with Gasteiger partial charge in [-0.3, -0.25) is 4.79 Å². The molecule has 2 fully saturated rings. The number of rotatable bonds is 4. The van der Waals surface area contributed by atoms with Crippen LogP contribution >= 0.6 is 0 Å². The van der Waals surface area contributed by atoms with Crippen molar-refractivity contribution in [3.63, 3.8) is 0 Å². The summed E-state index contributed by atoms with van der Waals surface area (Å²) in [4.78, 5) is 14.7. The number of carbonyl (C=O) groups is 1. The Labute approximate surface area is 127 Å². The molecule has 4 nitrogen and oxygen atoms in total. The number of ether oxygens (including phenoxy) is 2. The molecule has 0 saturated carbocycles. The van der Waals surface area contributed by atoms with Gasteiger partial charge in [-0.15, -0.1) is 0 Å². The van der Waals surface area contributed by atoms with Crippen LogP contribution in [0, 0.1) is 11.3 Å². The maximum Gasteiger partial charge on any atom is 0.223 e. The molecule has 0 aromatic heterocycles. The highest BCUT2D eigenvalue weighted by Gasteiger charge is 2.47. The fourth-order valence-corrected chi connectivity index (χ4v) is 4.22. The van der Waals surface area contributed by atoms with Gasteiger partial charge in [0.25, 0.3) is 0 Å². The van der Waals surface area contributed by atoms with Crippen molar-refractivity contribution in [1.82, 2.24) is 4.90 Å². The van der Waals surface area contributed by atoms with Gasteiger partial charge in [-0.2, -0.15) is 0 Å². The van der Waals surface area contributed by atoms with Crippen LogP contribution in [0.25, 0.3) is 0 Å². The van der Waals surface area contributed by atoms with Gasteiger partial charge in [-0.25, -0.2) is 0 Å². The van der Waals surface area contributed by atoms with Crippen LogP contribution in [-0.2, 0) is 14.3 Å². The first kappa shape index (κ1) is 15.0. The van der Waals surface area contributed by atoms with Gasteiger partial charge < -0.3 is 14.4 Å². The largest absolute Gasteiger partial charge is 0.384 e. The molecule has 0 aromatic rings. The van der Waals surface area contributed by atoms with Gasteiger partial charge in [-0.1, -0.05) is 12.2 Å². The quantitative estimate of drug-likeness (QED) is 0.747. The lowest BCUT2D eigenvalue weighted by Crippen LogP contribution is -2.58. The van der Waals surface area contributed by atoms with Gasteiger partial charge in [-0.05, 0) is 38.0 Å². The number of nitrogens with zero attached hydrogens (tertiary/aromatic N) is 1. The summed E-state index contributed by atoms with van der Waals surface area (Å²) in [6.07, 6.45) is 10.7. The summed E-state index contributed by atoms with van der Waals surface area (Å²) in [5, 5.41) is 0. The average Bonchev–Trinajstić information content (AvgIpc) is 2.99. The maximum atomic E-state index is 12.6. The summed E-state index contributed by atoms with van der Waals surface area (Å²) in [6.45, 7) is 3.20. The third-order valence-electron chi connectivity index (χ3n) is 5.32. The van der Waals surface area contributed by atoms with E-state index in [1.54, 1.807) is 7.11 Å². The van der Waals surface area contributed by atoms with E-state index < -0.39 is 0 Å². The third kappa shape index (κ3) is 3.16. The molecule has 0 aromatic carbocycles. The zero-order valence-corrected chi connectivity index (χ0v) is 13.1. The molecule has 0 unspecified atom stereocenters. The van der Waals surface area contributed by atoms with E-state index in [2.05, 4.69) is 17.1 Å². The standard InChI is InChI=1S/C17H27NO3/c1-20-13-17-8-4-10-21-15(17)7-9-18(12-17)16(19)11-14-5-2-3-6-14/h2,5,14-15H,3-4,6-13H2,1H3/t14-,15+,17-/m1/s1. The molecule has 3 aliphatic rings. The lowest BCUT2D eigenvalue weighted by Gasteiger charge is -2.50. The van der Waals surface area contributed by atoms with Crippen molar-refractivity contribution < 1.29 is 14.3 Å². The van der Waals surface area contributed by atoms with Crippen molar-refractivity contribution >= 4 is 5.91 Å². The second-order valence-corrected chi connectivity index (χ2v) is 6.83. The van der Waals surface area contributed by atoms with Crippen LogP contribution in [0.4, 0.5) is 0 Å². The fraction of sp³-hybridized carbons (Fsp3) is 0.824. The number of hydrogen-bond acceptors (Lipinski definition) is 3. The normalized spacial score (nSPS) is 35.8. The number of likely N-dealkylation sites (tertiary alicyclic amines) is 1. The Balaban J connectivity index is 1.64. The first-order valence-corrected chi connectivity index (χ1v) is 8.28. The Morgan fingerprint density at radius 1 is 1.48 bits per heavy atom. The highest BCUT2D eigenvalue weighted by atomic mass is 16.5. The first-order chi connectivity index (χ1) is 10.2. The van der Waals surface area contributed by atoms with Gasteiger partial charge in [0.1, 0.15) is 0 Å². The van der Waals surface area contributed by atoms with Crippen molar-refractivity contribution in [2.45, 2.75) is 44.6 Å². The highest BCUT2D eigenvalue weighted by Crippen LogP contribution is 2.40. The second kappa shape index (κ2) is 6.49. The Morgan fingerprint density at radius 3 is 3.14 bits per heavy atom. The predicted octanol–water partition coefficient (Wildman–Crippen LogP) is 2.39. The zero-order valence-electron chi connectivity index (χ0n) is 13.1. The monoisotopic (exact) mass is 293 g/mol. The molecule has 21 heavy (non-hydrogen) atoms. The van der Waals surface area contributed by atoms with Crippen molar-refractivity contribution in [2.75, 3.05) is 33.4 Å². The lowest BCUT2D eigenvalue weighted by molar-refractivity contribution is -0.162. The Bertz CT molecular complexity index is 405. The summed E-state index contributed by atoms with van der Waals surface area (Å²) in [5.74, 6) is 0.766. The van der Waals surface area contributed by atoms with E-state index in [0.29, 0.717) is 24.9 Å². The minimum absolute atomic E-state index is 0.0203. The van der Waals surface area contributed by atoms with Gasteiger partial charge in [0.2, 0.25) is 5.91 Å². The number of amides is 1. The van der Waals surface area contributed by atoms with Gasteiger partial charge in [0.05, 0.1) is 12.7 Å². The van der Waals surface area contributed by atoms with E-state index in [1.807, 2.05) is 0 Å². The lowest BCUT2D eigenvalue weighted by atomic mass is 9.73. The van der Waals surface area contributed by atoms with E-state index in [4.69, 9.17) is 9.47 Å². The third-order valence-corrected chi connectivity index (χ3v) is 5.32. The Morgan fingerprint density at radius 2 is 2.38 bits per heavy atom. The minimum atomic E-state index is 0.0203. The van der Waals surface area contributed by atoms with Crippen LogP contribution in [0.3, 0.4) is 0 Å². The fourth-order valence-electron chi connectivity index (χ4n) is 4.22. The molecular weight excluding hydrogens is 266 g/mol. The van der Waals surface area contributed by atoms with Crippen molar-refractivity contribution in [2.24, 2.45) is 11.3 Å². The molecule has 1 amide bonds. The number of fused-ring (bicyclic) bond motifs is 1. The molecule has 0 spiro atoms. The molecule has 0 radical (unpaired) electrons. The highest BCUT2D eigenvalue weighted by molar-refractivity contribution is 5.77. The van der Waals surface area contributed by atoms with E-state index in [9.17, 15) is 4.79 Å². The molecular formula is C17H27NO3. The summed E-state index contributed by atoms with van der Waals surface area (Å²) in [7, 11) is 1.75. The van der Waals surface area contributed by atoms with Crippen LogP contribution in [-0.4, -0.2) is 50.3 Å². The number of allylic oxidation sites excluding steroid dienone is 2. The molecule has 0 bridgehead atoms. The molecule has 1 aliphatic carbocycles. The second-order valence-electron chi connectivity index (χ2n) is 6.83. The van der Waals surface area contributed by atoms with Crippen LogP contribution in [0.1, 0.15) is 38.5 Å². The topological polar surface area (TPSA) is 38.8 Å². The van der Waals surface area contributed by atoms with Crippen LogP contribution in [0.5, 0.6) is 0 Å². The zero-order chi connectivity index (χ0) is 14.7. The van der Waals surface area contributed by atoms with Gasteiger partial charge in [0, 0.05) is 38.6 Å². The molecule has 118 valence electrons. The van der Waals surface area contributed by atoms with Crippen LogP contribution in [0.15, 0.2) is 12.2 Å². The van der Waals surface area contributed by atoms with Gasteiger partial charge in [0.15, 0.2) is 0 Å².